The van der Waals surface area contributed by atoms with Crippen LogP contribution in [0.5, 0.6) is 0 Å². The highest BCUT2D eigenvalue weighted by atomic mass is 32.1. The fourth-order valence-corrected chi connectivity index (χ4v) is 5.92. The van der Waals surface area contributed by atoms with E-state index >= 15 is 0 Å². The van der Waals surface area contributed by atoms with Gasteiger partial charge in [-0.2, -0.15) is 0 Å². The lowest BCUT2D eigenvalue weighted by molar-refractivity contribution is -0.133. The monoisotopic (exact) mass is 415 g/mol. The van der Waals surface area contributed by atoms with Gasteiger partial charge in [0.15, 0.2) is 0 Å². The number of thiophene rings is 1. The molecule has 2 amide bonds. The van der Waals surface area contributed by atoms with Crippen LogP contribution in [0, 0.1) is 5.92 Å². The smallest absolute Gasteiger partial charge is 0.271 e. The number of nitrogens with one attached hydrogen (secondary N) is 1. The Bertz CT molecular complexity index is 922. The molecular formula is C23H33N3O2S. The SMILES string of the molecule is CCCN1C(=O)c2cc3sc(CC)cc3n2CC1(C)C(=O)NC1CCC(C)CC1. The van der Waals surface area contributed by atoms with Crippen LogP contribution >= 0.6 is 11.3 Å². The average Bonchev–Trinajstić information content (AvgIpc) is 3.25. The Balaban J connectivity index is 1.67. The molecule has 29 heavy (non-hydrogen) atoms. The number of fused-ring (bicyclic) bond motifs is 3. The molecule has 4 rings (SSSR count). The molecule has 3 heterocycles. The van der Waals surface area contributed by atoms with Crippen molar-refractivity contribution in [3.8, 4) is 0 Å². The van der Waals surface area contributed by atoms with Crippen LogP contribution in [-0.2, 0) is 17.8 Å². The maximum absolute atomic E-state index is 13.5. The number of rotatable bonds is 5. The van der Waals surface area contributed by atoms with Gasteiger partial charge in [0.2, 0.25) is 5.91 Å². The van der Waals surface area contributed by atoms with Crippen LogP contribution in [0.15, 0.2) is 12.1 Å². The van der Waals surface area contributed by atoms with Gasteiger partial charge in [-0.15, -0.1) is 11.3 Å². The summed E-state index contributed by atoms with van der Waals surface area (Å²) in [5.41, 5.74) is 0.958. The lowest BCUT2D eigenvalue weighted by atomic mass is 9.86. The Hall–Kier alpha value is -1.82. The molecule has 1 unspecified atom stereocenters. The molecule has 0 saturated heterocycles. The highest BCUT2D eigenvalue weighted by Crippen LogP contribution is 2.36. The number of hydrogen-bond donors (Lipinski definition) is 1. The van der Waals surface area contributed by atoms with Crippen LogP contribution in [0.1, 0.15) is 75.2 Å². The third kappa shape index (κ3) is 3.49. The lowest BCUT2D eigenvalue weighted by Gasteiger charge is -2.45. The number of aryl methyl sites for hydroxylation is 1. The fraction of sp³-hybridized carbons (Fsp3) is 0.652. The van der Waals surface area contributed by atoms with Gasteiger partial charge in [0, 0.05) is 17.5 Å². The zero-order valence-electron chi connectivity index (χ0n) is 18.1. The molecule has 0 spiro atoms. The minimum atomic E-state index is -0.858. The molecule has 1 aliphatic heterocycles. The Morgan fingerprint density at radius 2 is 1.97 bits per heavy atom. The number of aromatic nitrogens is 1. The molecular weight excluding hydrogens is 382 g/mol. The van der Waals surface area contributed by atoms with Crippen molar-refractivity contribution in [2.45, 2.75) is 84.3 Å². The third-order valence-electron chi connectivity index (χ3n) is 6.80. The van der Waals surface area contributed by atoms with Crippen molar-refractivity contribution in [1.29, 1.82) is 0 Å². The first-order chi connectivity index (χ1) is 13.9. The first kappa shape index (κ1) is 20.5. The van der Waals surface area contributed by atoms with Crippen molar-refractivity contribution < 1.29 is 9.59 Å². The van der Waals surface area contributed by atoms with Gasteiger partial charge in [-0.05, 0) is 63.5 Å². The molecule has 0 radical (unpaired) electrons. The average molecular weight is 416 g/mol. The zero-order valence-corrected chi connectivity index (χ0v) is 18.9. The molecule has 1 fully saturated rings. The summed E-state index contributed by atoms with van der Waals surface area (Å²) in [6.07, 6.45) is 6.22. The van der Waals surface area contributed by atoms with Crippen molar-refractivity contribution in [1.82, 2.24) is 14.8 Å². The van der Waals surface area contributed by atoms with Crippen LogP contribution < -0.4 is 5.32 Å². The van der Waals surface area contributed by atoms with E-state index in [2.05, 4.69) is 36.7 Å². The molecule has 1 N–H and O–H groups in total. The summed E-state index contributed by atoms with van der Waals surface area (Å²) in [5.74, 6) is 0.723. The van der Waals surface area contributed by atoms with Crippen LogP contribution in [-0.4, -0.2) is 39.4 Å². The van der Waals surface area contributed by atoms with Gasteiger partial charge in [0.25, 0.3) is 5.91 Å². The van der Waals surface area contributed by atoms with E-state index in [0.717, 1.165) is 60.4 Å². The standard InChI is InChI=1S/C23H33N3O2S/c1-5-11-26-21(27)19-13-20-18(12-17(6-2)29-20)25(19)14-23(26,4)22(28)24-16-9-7-15(3)8-10-16/h12-13,15-16H,5-11,14H2,1-4H3,(H,24,28). The number of nitrogens with zero attached hydrogens (tertiary/aromatic N) is 2. The zero-order chi connectivity index (χ0) is 20.8. The molecule has 2 aromatic heterocycles. The van der Waals surface area contributed by atoms with E-state index in [1.165, 1.54) is 4.88 Å². The number of amides is 2. The second kappa shape index (κ2) is 7.78. The van der Waals surface area contributed by atoms with Gasteiger partial charge >= 0.3 is 0 Å². The van der Waals surface area contributed by atoms with Crippen molar-refractivity contribution in [2.24, 2.45) is 5.92 Å². The van der Waals surface area contributed by atoms with Gasteiger partial charge < -0.3 is 14.8 Å². The Kier molecular flexibility index (Phi) is 5.49. The summed E-state index contributed by atoms with van der Waals surface area (Å²) in [5, 5.41) is 3.30. The van der Waals surface area contributed by atoms with Crippen molar-refractivity contribution >= 4 is 33.4 Å². The minimum absolute atomic E-state index is 0.00250. The summed E-state index contributed by atoms with van der Waals surface area (Å²) in [7, 11) is 0. The van der Waals surface area contributed by atoms with Gasteiger partial charge in [0.05, 0.1) is 16.8 Å². The highest BCUT2D eigenvalue weighted by Gasteiger charge is 2.48. The van der Waals surface area contributed by atoms with Crippen LogP contribution in [0.4, 0.5) is 0 Å². The summed E-state index contributed by atoms with van der Waals surface area (Å²) in [6.45, 7) is 9.57. The third-order valence-corrected chi connectivity index (χ3v) is 8.02. The van der Waals surface area contributed by atoms with Crippen LogP contribution in [0.3, 0.4) is 0 Å². The Labute approximate surface area is 177 Å². The maximum Gasteiger partial charge on any atom is 0.271 e. The van der Waals surface area contributed by atoms with Gasteiger partial charge in [-0.1, -0.05) is 20.8 Å². The van der Waals surface area contributed by atoms with E-state index in [9.17, 15) is 9.59 Å². The Morgan fingerprint density at radius 1 is 1.24 bits per heavy atom. The van der Waals surface area contributed by atoms with Gasteiger partial charge in [-0.3, -0.25) is 9.59 Å². The largest absolute Gasteiger partial charge is 0.351 e. The number of hydrogen-bond acceptors (Lipinski definition) is 3. The molecule has 1 aliphatic carbocycles. The molecule has 2 aromatic rings. The second-order valence-corrected chi connectivity index (χ2v) is 10.3. The van der Waals surface area contributed by atoms with E-state index in [1.54, 1.807) is 11.3 Å². The van der Waals surface area contributed by atoms with E-state index in [4.69, 9.17) is 0 Å². The van der Waals surface area contributed by atoms with E-state index in [1.807, 2.05) is 17.9 Å². The molecule has 0 bridgehead atoms. The predicted molar refractivity (Wildman–Crippen MR) is 118 cm³/mol. The minimum Gasteiger partial charge on any atom is -0.351 e. The lowest BCUT2D eigenvalue weighted by Crippen LogP contribution is -2.65. The first-order valence-corrected chi connectivity index (χ1v) is 11.9. The molecule has 1 saturated carbocycles. The van der Waals surface area contributed by atoms with Gasteiger partial charge in [-0.25, -0.2) is 0 Å². The highest BCUT2D eigenvalue weighted by molar-refractivity contribution is 7.19. The fourth-order valence-electron chi connectivity index (χ4n) is 4.88. The molecule has 2 aliphatic rings. The summed E-state index contributed by atoms with van der Waals surface area (Å²) in [4.78, 5) is 30.1. The number of carbonyl (C=O) groups excluding carboxylic acids is 2. The first-order valence-electron chi connectivity index (χ1n) is 11.1. The molecule has 0 aromatic carbocycles. The number of carbonyl (C=O) groups is 2. The summed E-state index contributed by atoms with van der Waals surface area (Å²) < 4.78 is 3.23. The molecule has 158 valence electrons. The van der Waals surface area contributed by atoms with Gasteiger partial charge in [0.1, 0.15) is 11.2 Å². The Morgan fingerprint density at radius 3 is 2.62 bits per heavy atom. The molecule has 6 heteroatoms. The van der Waals surface area contributed by atoms with Crippen molar-refractivity contribution in [2.75, 3.05) is 6.54 Å². The van der Waals surface area contributed by atoms with Crippen LogP contribution in [0.2, 0.25) is 0 Å². The summed E-state index contributed by atoms with van der Waals surface area (Å²) in [6, 6.07) is 4.44. The summed E-state index contributed by atoms with van der Waals surface area (Å²) >= 11 is 1.75. The van der Waals surface area contributed by atoms with Crippen molar-refractivity contribution in [3.63, 3.8) is 0 Å². The molecule has 5 nitrogen and oxygen atoms in total. The van der Waals surface area contributed by atoms with Crippen molar-refractivity contribution in [3.05, 3.63) is 22.7 Å². The predicted octanol–water partition coefficient (Wildman–Crippen LogP) is 4.58. The maximum atomic E-state index is 13.5. The van der Waals surface area contributed by atoms with E-state index < -0.39 is 5.54 Å². The quantitative estimate of drug-likeness (QED) is 0.777. The second-order valence-electron chi connectivity index (χ2n) is 9.09. The van der Waals surface area contributed by atoms with E-state index in [-0.39, 0.29) is 17.9 Å². The normalized spacial score (nSPS) is 27.3. The topological polar surface area (TPSA) is 54.3 Å². The van der Waals surface area contributed by atoms with Crippen LogP contribution in [0.25, 0.3) is 10.2 Å². The van der Waals surface area contributed by atoms with E-state index in [0.29, 0.717) is 13.1 Å². The molecule has 1 atom stereocenters.